The van der Waals surface area contributed by atoms with E-state index in [0.29, 0.717) is 0 Å². The highest BCUT2D eigenvalue weighted by atomic mass is 16.2. The van der Waals surface area contributed by atoms with Crippen molar-refractivity contribution in [3.8, 4) is 0 Å². The van der Waals surface area contributed by atoms with Crippen molar-refractivity contribution in [3.63, 3.8) is 0 Å². The molecule has 0 bridgehead atoms. The summed E-state index contributed by atoms with van der Waals surface area (Å²) < 4.78 is 0. The van der Waals surface area contributed by atoms with Crippen molar-refractivity contribution in [1.82, 2.24) is 5.32 Å². The van der Waals surface area contributed by atoms with Gasteiger partial charge in [0.15, 0.2) is 0 Å². The van der Waals surface area contributed by atoms with E-state index in [-0.39, 0.29) is 11.4 Å². The molecule has 0 aromatic heterocycles. The topological polar surface area (TPSA) is 29.1 Å². The van der Waals surface area contributed by atoms with Crippen molar-refractivity contribution < 1.29 is 4.79 Å². The molecular weight excluding hydrogens is 150 g/mol. The van der Waals surface area contributed by atoms with E-state index in [1.807, 2.05) is 0 Å². The third-order valence-corrected chi connectivity index (χ3v) is 3.52. The number of hydrogen-bond donors (Lipinski definition) is 1. The minimum absolute atomic E-state index is 0.234. The van der Waals surface area contributed by atoms with Crippen molar-refractivity contribution in [2.24, 2.45) is 5.92 Å². The van der Waals surface area contributed by atoms with Gasteiger partial charge in [0.05, 0.1) is 0 Å². The predicted molar refractivity (Wildman–Crippen MR) is 47.7 cm³/mol. The molecule has 0 aromatic carbocycles. The summed E-state index contributed by atoms with van der Waals surface area (Å²) in [5, 5.41) is 3.15. The summed E-state index contributed by atoms with van der Waals surface area (Å²) in [6, 6.07) is 0. The van der Waals surface area contributed by atoms with Gasteiger partial charge in [0.2, 0.25) is 5.91 Å². The Balaban J connectivity index is 2.01. The first kappa shape index (κ1) is 8.09. The Morgan fingerprint density at radius 1 is 1.58 bits per heavy atom. The smallest absolute Gasteiger partial charge is 0.220 e. The number of rotatable bonds is 1. The van der Waals surface area contributed by atoms with Crippen LogP contribution in [-0.4, -0.2) is 11.4 Å². The van der Waals surface area contributed by atoms with Crippen LogP contribution in [0.4, 0.5) is 0 Å². The second-order valence-electron chi connectivity index (χ2n) is 4.35. The summed E-state index contributed by atoms with van der Waals surface area (Å²) in [7, 11) is 0. The maximum atomic E-state index is 11.1. The molecule has 2 heteroatoms. The second kappa shape index (κ2) is 2.75. The minimum atomic E-state index is 0.234. The van der Waals surface area contributed by atoms with Crippen LogP contribution in [0.2, 0.25) is 0 Å². The van der Waals surface area contributed by atoms with Gasteiger partial charge in [-0.25, -0.2) is 0 Å². The Morgan fingerprint density at radius 2 is 2.42 bits per heavy atom. The molecule has 2 rings (SSSR count). The summed E-state index contributed by atoms with van der Waals surface area (Å²) in [5.74, 6) is 1.13. The minimum Gasteiger partial charge on any atom is -0.351 e. The predicted octanol–water partition coefficient (Wildman–Crippen LogP) is 1.85. The number of nitrogens with one attached hydrogen (secondary N) is 1. The molecule has 1 spiro atoms. The Kier molecular flexibility index (Phi) is 1.85. The molecule has 1 amide bonds. The lowest BCUT2D eigenvalue weighted by atomic mass is 9.93. The van der Waals surface area contributed by atoms with Crippen molar-refractivity contribution in [3.05, 3.63) is 0 Å². The molecule has 0 radical (unpaired) electrons. The zero-order chi connectivity index (χ0) is 8.60. The lowest BCUT2D eigenvalue weighted by Gasteiger charge is -2.22. The molecule has 1 N–H and O–H groups in total. The van der Waals surface area contributed by atoms with Crippen molar-refractivity contribution in [1.29, 1.82) is 0 Å². The molecule has 2 atom stereocenters. The molecule has 2 aliphatic rings. The first-order chi connectivity index (χ1) is 5.74. The summed E-state index contributed by atoms with van der Waals surface area (Å²) >= 11 is 0. The number of amides is 1. The van der Waals surface area contributed by atoms with Gasteiger partial charge in [-0.1, -0.05) is 13.3 Å². The lowest BCUT2D eigenvalue weighted by molar-refractivity contribution is -0.119. The van der Waals surface area contributed by atoms with Crippen LogP contribution in [0.1, 0.15) is 45.4 Å². The summed E-state index contributed by atoms with van der Waals surface area (Å²) in [6.45, 7) is 2.25. The monoisotopic (exact) mass is 167 g/mol. The molecule has 0 aromatic rings. The molecule has 1 aliphatic carbocycles. The van der Waals surface area contributed by atoms with Gasteiger partial charge in [-0.05, 0) is 31.6 Å². The van der Waals surface area contributed by atoms with E-state index in [4.69, 9.17) is 0 Å². The van der Waals surface area contributed by atoms with Crippen LogP contribution < -0.4 is 5.32 Å². The average molecular weight is 167 g/mol. The van der Waals surface area contributed by atoms with Crippen LogP contribution in [0.5, 0.6) is 0 Å². The molecule has 2 nitrogen and oxygen atoms in total. The molecule has 2 fully saturated rings. The molecule has 1 saturated carbocycles. The van der Waals surface area contributed by atoms with Crippen molar-refractivity contribution >= 4 is 5.91 Å². The maximum absolute atomic E-state index is 11.1. The Hall–Kier alpha value is -0.530. The highest BCUT2D eigenvalue weighted by Crippen LogP contribution is 2.41. The van der Waals surface area contributed by atoms with Gasteiger partial charge in [-0.2, -0.15) is 0 Å². The first-order valence-corrected chi connectivity index (χ1v) is 5.05. The van der Waals surface area contributed by atoms with Gasteiger partial charge in [0.25, 0.3) is 0 Å². The summed E-state index contributed by atoms with van der Waals surface area (Å²) in [5.41, 5.74) is 0.234. The zero-order valence-electron chi connectivity index (χ0n) is 7.73. The molecule has 1 aliphatic heterocycles. The van der Waals surface area contributed by atoms with Crippen LogP contribution in [0.3, 0.4) is 0 Å². The molecular formula is C10H17NO. The summed E-state index contributed by atoms with van der Waals surface area (Å²) in [4.78, 5) is 11.1. The Morgan fingerprint density at radius 3 is 2.92 bits per heavy atom. The first-order valence-electron chi connectivity index (χ1n) is 5.05. The van der Waals surface area contributed by atoms with Crippen LogP contribution in [0.25, 0.3) is 0 Å². The fraction of sp³-hybridized carbons (Fsp3) is 0.900. The normalized spacial score (nSPS) is 40.8. The molecule has 1 saturated heterocycles. The van der Waals surface area contributed by atoms with E-state index < -0.39 is 0 Å². The highest BCUT2D eigenvalue weighted by molar-refractivity contribution is 5.79. The van der Waals surface area contributed by atoms with E-state index in [1.165, 1.54) is 25.7 Å². The van der Waals surface area contributed by atoms with Gasteiger partial charge in [-0.15, -0.1) is 0 Å². The lowest BCUT2D eigenvalue weighted by Crippen LogP contribution is -2.38. The molecule has 12 heavy (non-hydrogen) atoms. The van der Waals surface area contributed by atoms with E-state index in [9.17, 15) is 4.79 Å². The third-order valence-electron chi connectivity index (χ3n) is 3.52. The van der Waals surface area contributed by atoms with E-state index >= 15 is 0 Å². The van der Waals surface area contributed by atoms with Crippen LogP contribution in [0.15, 0.2) is 0 Å². The van der Waals surface area contributed by atoms with Crippen molar-refractivity contribution in [2.45, 2.75) is 51.0 Å². The molecule has 2 unspecified atom stereocenters. The zero-order valence-corrected chi connectivity index (χ0v) is 7.73. The Bertz CT molecular complexity index is 202. The van der Waals surface area contributed by atoms with Crippen LogP contribution in [-0.2, 0) is 4.79 Å². The average Bonchev–Trinajstić information content (AvgIpc) is 2.61. The van der Waals surface area contributed by atoms with E-state index in [0.717, 1.165) is 18.8 Å². The van der Waals surface area contributed by atoms with E-state index in [1.54, 1.807) is 0 Å². The van der Waals surface area contributed by atoms with Crippen molar-refractivity contribution in [2.75, 3.05) is 0 Å². The highest BCUT2D eigenvalue weighted by Gasteiger charge is 2.42. The fourth-order valence-corrected chi connectivity index (χ4v) is 2.70. The number of carbonyl (C=O) groups excluding carboxylic acids is 1. The molecule has 68 valence electrons. The quantitative estimate of drug-likeness (QED) is 0.634. The van der Waals surface area contributed by atoms with Gasteiger partial charge in [-0.3, -0.25) is 4.79 Å². The number of hydrogen-bond acceptors (Lipinski definition) is 1. The summed E-state index contributed by atoms with van der Waals surface area (Å²) in [6.07, 6.45) is 6.89. The largest absolute Gasteiger partial charge is 0.351 e. The van der Waals surface area contributed by atoms with E-state index in [2.05, 4.69) is 12.2 Å². The SMILES string of the molecule is CCC1CCC2(CCC(=O)N2)C1. The van der Waals surface area contributed by atoms with Gasteiger partial charge < -0.3 is 5.32 Å². The number of carbonyl (C=O) groups is 1. The van der Waals surface area contributed by atoms with Crippen LogP contribution >= 0.6 is 0 Å². The van der Waals surface area contributed by atoms with Gasteiger partial charge in [0.1, 0.15) is 0 Å². The third kappa shape index (κ3) is 1.23. The van der Waals surface area contributed by atoms with Gasteiger partial charge in [0, 0.05) is 12.0 Å². The standard InChI is InChI=1S/C10H17NO/c1-2-8-3-5-10(7-8)6-4-9(12)11-10/h8H,2-7H2,1H3,(H,11,12). The Labute approximate surface area is 73.7 Å². The maximum Gasteiger partial charge on any atom is 0.220 e. The second-order valence-corrected chi connectivity index (χ2v) is 4.35. The molecule has 1 heterocycles. The van der Waals surface area contributed by atoms with Gasteiger partial charge >= 0.3 is 0 Å². The fourth-order valence-electron chi connectivity index (χ4n) is 2.70. The van der Waals surface area contributed by atoms with Crippen LogP contribution in [0, 0.1) is 5.92 Å².